The summed E-state index contributed by atoms with van der Waals surface area (Å²) >= 11 is 0. The molecule has 3 N–H and O–H groups in total. The van der Waals surface area contributed by atoms with Gasteiger partial charge in [0, 0.05) is 17.8 Å². The third kappa shape index (κ3) is 3.85. The van der Waals surface area contributed by atoms with Crippen molar-refractivity contribution in [3.05, 3.63) is 24.3 Å². The fourth-order valence-corrected chi connectivity index (χ4v) is 2.57. The number of nitrogens with two attached hydrogens (primary N) is 1. The van der Waals surface area contributed by atoms with E-state index in [0.717, 1.165) is 12.3 Å². The molecule has 1 aliphatic rings. The van der Waals surface area contributed by atoms with Gasteiger partial charge in [-0.1, -0.05) is 0 Å². The van der Waals surface area contributed by atoms with Gasteiger partial charge >= 0.3 is 0 Å². The third-order valence-electron chi connectivity index (χ3n) is 3.83. The number of benzene rings is 1. The maximum atomic E-state index is 10.1. The fourth-order valence-electron chi connectivity index (χ4n) is 2.57. The number of likely N-dealkylation sites (tertiary alicyclic amines) is 1. The van der Waals surface area contributed by atoms with Gasteiger partial charge in [-0.3, -0.25) is 4.90 Å². The van der Waals surface area contributed by atoms with Crippen molar-refractivity contribution in [2.75, 3.05) is 25.4 Å². The number of hydrogen-bond acceptors (Lipinski definition) is 4. The highest BCUT2D eigenvalue weighted by molar-refractivity contribution is 5.41. The summed E-state index contributed by atoms with van der Waals surface area (Å²) in [5.41, 5.74) is 6.52. The van der Waals surface area contributed by atoms with Crippen molar-refractivity contribution >= 4 is 5.69 Å². The topological polar surface area (TPSA) is 58.7 Å². The molecule has 0 spiro atoms. The Labute approximate surface area is 115 Å². The Bertz CT molecular complexity index is 403. The maximum Gasteiger partial charge on any atom is 0.119 e. The number of β-amino-alcohol motifs (C(OH)–C–C–N with tert-alkyl or cyclic N) is 1. The van der Waals surface area contributed by atoms with Crippen LogP contribution in [-0.4, -0.2) is 41.3 Å². The largest absolute Gasteiger partial charge is 0.491 e. The minimum Gasteiger partial charge on any atom is -0.491 e. The lowest BCUT2D eigenvalue weighted by Gasteiger charge is -2.33. The van der Waals surface area contributed by atoms with Crippen LogP contribution in [0.1, 0.15) is 26.7 Å². The van der Waals surface area contributed by atoms with Gasteiger partial charge in [0.1, 0.15) is 18.5 Å². The molecular formula is C15H24N2O2. The first kappa shape index (κ1) is 14.2. The number of aliphatic hydroxyl groups is 1. The molecule has 0 aromatic heterocycles. The summed E-state index contributed by atoms with van der Waals surface area (Å²) < 4.78 is 5.57. The molecular weight excluding hydrogens is 240 g/mol. The number of nitrogens with zero attached hydrogens (tertiary/aromatic N) is 1. The van der Waals surface area contributed by atoms with E-state index in [1.54, 1.807) is 12.1 Å². The fraction of sp³-hybridized carbons (Fsp3) is 0.600. The SMILES string of the molecule is CC1(C)CCCN1CC(O)COc1ccc(N)cc1. The van der Waals surface area contributed by atoms with E-state index in [1.807, 2.05) is 12.1 Å². The Hall–Kier alpha value is -1.26. The van der Waals surface area contributed by atoms with Crippen LogP contribution in [0.2, 0.25) is 0 Å². The van der Waals surface area contributed by atoms with E-state index in [4.69, 9.17) is 10.5 Å². The quantitative estimate of drug-likeness (QED) is 0.797. The van der Waals surface area contributed by atoms with E-state index < -0.39 is 6.10 Å². The molecule has 1 heterocycles. The van der Waals surface area contributed by atoms with Crippen molar-refractivity contribution in [3.8, 4) is 5.75 Å². The van der Waals surface area contributed by atoms with Crippen LogP contribution in [0.3, 0.4) is 0 Å². The molecule has 1 aliphatic heterocycles. The second kappa shape index (κ2) is 5.80. The second-order valence-electron chi connectivity index (χ2n) is 5.90. The van der Waals surface area contributed by atoms with E-state index in [1.165, 1.54) is 12.8 Å². The van der Waals surface area contributed by atoms with Crippen molar-refractivity contribution < 1.29 is 9.84 Å². The van der Waals surface area contributed by atoms with Gasteiger partial charge in [0.2, 0.25) is 0 Å². The Kier molecular flexibility index (Phi) is 4.32. The van der Waals surface area contributed by atoms with Crippen LogP contribution >= 0.6 is 0 Å². The highest BCUT2D eigenvalue weighted by Gasteiger charge is 2.32. The van der Waals surface area contributed by atoms with Crippen LogP contribution in [0.5, 0.6) is 5.75 Å². The smallest absolute Gasteiger partial charge is 0.119 e. The van der Waals surface area contributed by atoms with Crippen LogP contribution in [0.15, 0.2) is 24.3 Å². The van der Waals surface area contributed by atoms with Crippen molar-refractivity contribution in [1.82, 2.24) is 4.90 Å². The van der Waals surface area contributed by atoms with Gasteiger partial charge in [-0.25, -0.2) is 0 Å². The summed E-state index contributed by atoms with van der Waals surface area (Å²) in [6.07, 6.45) is 1.94. The number of ether oxygens (including phenoxy) is 1. The molecule has 1 atom stereocenters. The number of aliphatic hydroxyl groups excluding tert-OH is 1. The van der Waals surface area contributed by atoms with Gasteiger partial charge in [0.05, 0.1) is 0 Å². The van der Waals surface area contributed by atoms with Crippen LogP contribution in [0.4, 0.5) is 5.69 Å². The van der Waals surface area contributed by atoms with Crippen LogP contribution < -0.4 is 10.5 Å². The second-order valence-corrected chi connectivity index (χ2v) is 5.90. The summed E-state index contributed by atoms with van der Waals surface area (Å²) in [5, 5.41) is 10.1. The van der Waals surface area contributed by atoms with Gasteiger partial charge in [-0.2, -0.15) is 0 Å². The molecule has 0 bridgehead atoms. The Morgan fingerprint density at radius 2 is 2.05 bits per heavy atom. The van der Waals surface area contributed by atoms with E-state index in [-0.39, 0.29) is 5.54 Å². The van der Waals surface area contributed by atoms with Crippen LogP contribution in [0.25, 0.3) is 0 Å². The van der Waals surface area contributed by atoms with E-state index in [9.17, 15) is 5.11 Å². The van der Waals surface area contributed by atoms with Gasteiger partial charge < -0.3 is 15.6 Å². The molecule has 0 radical (unpaired) electrons. The molecule has 19 heavy (non-hydrogen) atoms. The molecule has 1 aromatic carbocycles. The molecule has 1 unspecified atom stereocenters. The standard InChI is InChI=1S/C15H24N2O2/c1-15(2)8-3-9-17(15)10-13(18)11-19-14-6-4-12(16)5-7-14/h4-7,13,18H,3,8-11,16H2,1-2H3. The summed E-state index contributed by atoms with van der Waals surface area (Å²) in [5.74, 6) is 0.744. The lowest BCUT2D eigenvalue weighted by molar-refractivity contribution is 0.0464. The lowest BCUT2D eigenvalue weighted by Crippen LogP contribution is -2.44. The van der Waals surface area contributed by atoms with Gasteiger partial charge in [0.15, 0.2) is 0 Å². The first-order valence-electron chi connectivity index (χ1n) is 6.89. The summed E-state index contributed by atoms with van der Waals surface area (Å²) in [4.78, 5) is 2.34. The normalized spacial score (nSPS) is 20.4. The maximum absolute atomic E-state index is 10.1. The first-order chi connectivity index (χ1) is 8.97. The van der Waals surface area contributed by atoms with E-state index in [0.29, 0.717) is 18.8 Å². The summed E-state index contributed by atoms with van der Waals surface area (Å²) in [7, 11) is 0. The zero-order valence-corrected chi connectivity index (χ0v) is 11.8. The number of nitrogen functional groups attached to an aromatic ring is 1. The molecule has 0 amide bonds. The van der Waals surface area contributed by atoms with Crippen LogP contribution in [-0.2, 0) is 0 Å². The molecule has 2 rings (SSSR count). The van der Waals surface area contributed by atoms with Gasteiger partial charge in [-0.15, -0.1) is 0 Å². The monoisotopic (exact) mass is 264 g/mol. The van der Waals surface area contributed by atoms with E-state index >= 15 is 0 Å². The average molecular weight is 264 g/mol. The summed E-state index contributed by atoms with van der Waals surface area (Å²) in [6.45, 7) is 6.51. The molecule has 4 heteroatoms. The third-order valence-corrected chi connectivity index (χ3v) is 3.83. The highest BCUT2D eigenvalue weighted by atomic mass is 16.5. The molecule has 1 aromatic rings. The Morgan fingerprint density at radius 1 is 1.37 bits per heavy atom. The first-order valence-corrected chi connectivity index (χ1v) is 6.89. The Balaban J connectivity index is 1.78. The van der Waals surface area contributed by atoms with Crippen molar-refractivity contribution in [2.45, 2.75) is 38.3 Å². The van der Waals surface area contributed by atoms with Crippen LogP contribution in [0, 0.1) is 0 Å². The van der Waals surface area contributed by atoms with E-state index in [2.05, 4.69) is 18.7 Å². The minimum absolute atomic E-state index is 0.197. The summed E-state index contributed by atoms with van der Waals surface area (Å²) in [6, 6.07) is 7.24. The molecule has 1 fully saturated rings. The number of anilines is 1. The number of hydrogen-bond donors (Lipinski definition) is 2. The molecule has 0 aliphatic carbocycles. The average Bonchev–Trinajstić information content (AvgIpc) is 2.68. The zero-order chi connectivity index (χ0) is 13.9. The molecule has 106 valence electrons. The van der Waals surface area contributed by atoms with Crippen molar-refractivity contribution in [1.29, 1.82) is 0 Å². The van der Waals surface area contributed by atoms with Gasteiger partial charge in [-0.05, 0) is 57.5 Å². The molecule has 4 nitrogen and oxygen atoms in total. The highest BCUT2D eigenvalue weighted by Crippen LogP contribution is 2.28. The molecule has 1 saturated heterocycles. The minimum atomic E-state index is -0.463. The Morgan fingerprint density at radius 3 is 2.63 bits per heavy atom. The molecule has 0 saturated carbocycles. The predicted octanol–water partition coefficient (Wildman–Crippen LogP) is 1.88. The van der Waals surface area contributed by atoms with Gasteiger partial charge in [0.25, 0.3) is 0 Å². The number of rotatable bonds is 5. The van der Waals surface area contributed by atoms with Crippen molar-refractivity contribution in [3.63, 3.8) is 0 Å². The van der Waals surface area contributed by atoms with Crippen molar-refractivity contribution in [2.24, 2.45) is 0 Å². The lowest BCUT2D eigenvalue weighted by atomic mass is 10.0. The zero-order valence-electron chi connectivity index (χ0n) is 11.8. The predicted molar refractivity (Wildman–Crippen MR) is 77.2 cm³/mol.